The molecule has 1 amide bonds. The lowest BCUT2D eigenvalue weighted by Gasteiger charge is -2.14. The highest BCUT2D eigenvalue weighted by atomic mass is 35.5. The number of H-pyrrole nitrogens is 1. The summed E-state index contributed by atoms with van der Waals surface area (Å²) in [5, 5.41) is 8.42. The maximum atomic E-state index is 12.5. The van der Waals surface area contributed by atoms with Crippen LogP contribution in [0, 0.1) is 0 Å². The fourth-order valence-corrected chi connectivity index (χ4v) is 4.30. The summed E-state index contributed by atoms with van der Waals surface area (Å²) in [5.41, 5.74) is 1.64. The molecule has 2 aromatic carbocycles. The third-order valence-electron chi connectivity index (χ3n) is 5.08. The largest absolute Gasteiger partial charge is 0.454 e. The normalized spacial score (nSPS) is 13.3. The van der Waals surface area contributed by atoms with Gasteiger partial charge in [0.2, 0.25) is 12.7 Å². The van der Waals surface area contributed by atoms with E-state index in [0.717, 1.165) is 17.3 Å². The zero-order valence-electron chi connectivity index (χ0n) is 17.4. The Kier molecular flexibility index (Phi) is 5.69. The molecular weight excluding hydrogens is 466 g/mol. The van der Waals surface area contributed by atoms with Crippen molar-refractivity contribution in [3.63, 3.8) is 0 Å². The Bertz CT molecular complexity index is 1420. The molecule has 1 aliphatic heterocycles. The molecule has 0 fully saturated rings. The first-order valence-corrected chi connectivity index (χ1v) is 11.4. The fourth-order valence-electron chi connectivity index (χ4n) is 3.45. The second-order valence-electron chi connectivity index (χ2n) is 7.34. The molecule has 1 aliphatic rings. The number of carbonyl (C=O) groups excluding carboxylic acids is 1. The highest BCUT2D eigenvalue weighted by Crippen LogP contribution is 2.34. The summed E-state index contributed by atoms with van der Waals surface area (Å²) >= 11 is 7.22. The SMILES string of the molecule is CC(NC(=O)CSc1nc2c(cnn2-c2cccc(Cl)c2)c(=O)[nH]1)c1ccc2c(c1)OCO2. The Hall–Kier alpha value is -3.50. The van der Waals surface area contributed by atoms with Crippen LogP contribution in [-0.2, 0) is 4.79 Å². The van der Waals surface area contributed by atoms with Crippen LogP contribution in [0.2, 0.25) is 5.02 Å². The van der Waals surface area contributed by atoms with Gasteiger partial charge in [-0.3, -0.25) is 9.59 Å². The van der Waals surface area contributed by atoms with Crippen molar-refractivity contribution in [2.45, 2.75) is 18.1 Å². The van der Waals surface area contributed by atoms with Gasteiger partial charge in [0.05, 0.1) is 23.7 Å². The topological polar surface area (TPSA) is 111 Å². The van der Waals surface area contributed by atoms with Gasteiger partial charge in [0.15, 0.2) is 22.3 Å². The summed E-state index contributed by atoms with van der Waals surface area (Å²) in [6, 6.07) is 12.4. The van der Waals surface area contributed by atoms with Gasteiger partial charge in [-0.1, -0.05) is 35.5 Å². The Morgan fingerprint density at radius 3 is 2.97 bits per heavy atom. The van der Waals surface area contributed by atoms with Crippen molar-refractivity contribution in [1.29, 1.82) is 0 Å². The molecule has 11 heteroatoms. The van der Waals surface area contributed by atoms with Crippen molar-refractivity contribution in [2.75, 3.05) is 12.5 Å². The highest BCUT2D eigenvalue weighted by molar-refractivity contribution is 7.99. The Morgan fingerprint density at radius 2 is 2.12 bits per heavy atom. The number of aromatic nitrogens is 4. The van der Waals surface area contributed by atoms with E-state index >= 15 is 0 Å². The number of amides is 1. The van der Waals surface area contributed by atoms with Crippen LogP contribution in [0.25, 0.3) is 16.7 Å². The van der Waals surface area contributed by atoms with Crippen molar-refractivity contribution in [1.82, 2.24) is 25.1 Å². The molecule has 0 spiro atoms. The standard InChI is InChI=1S/C22H18ClN5O4S/c1-12(13-5-6-17-18(7-13)32-11-31-17)25-19(29)10-33-22-26-20-16(21(30)27-22)9-24-28(20)15-4-2-3-14(23)8-15/h2-9,12H,10-11H2,1H3,(H,25,29)(H,26,27,30). The minimum atomic E-state index is -0.329. The van der Waals surface area contributed by atoms with Gasteiger partial charge in [0, 0.05) is 5.02 Å². The number of fused-ring (bicyclic) bond motifs is 2. The first-order valence-electron chi connectivity index (χ1n) is 10.0. The average Bonchev–Trinajstić information content (AvgIpc) is 3.44. The molecular formula is C22H18ClN5O4S. The number of carbonyl (C=O) groups is 1. The van der Waals surface area contributed by atoms with E-state index in [-0.39, 0.29) is 30.1 Å². The zero-order valence-corrected chi connectivity index (χ0v) is 18.9. The summed E-state index contributed by atoms with van der Waals surface area (Å²) in [6.07, 6.45) is 1.45. The van der Waals surface area contributed by atoms with Crippen molar-refractivity contribution in [3.8, 4) is 17.2 Å². The summed E-state index contributed by atoms with van der Waals surface area (Å²) in [6.45, 7) is 2.08. The lowest BCUT2D eigenvalue weighted by atomic mass is 10.1. The van der Waals surface area contributed by atoms with Gasteiger partial charge >= 0.3 is 0 Å². The molecule has 168 valence electrons. The molecule has 5 rings (SSSR count). The molecule has 2 aromatic heterocycles. The second-order valence-corrected chi connectivity index (χ2v) is 8.74. The molecule has 1 unspecified atom stereocenters. The monoisotopic (exact) mass is 483 g/mol. The molecule has 0 bridgehead atoms. The van der Waals surface area contributed by atoms with E-state index in [1.807, 2.05) is 31.2 Å². The molecule has 1 atom stereocenters. The summed E-state index contributed by atoms with van der Waals surface area (Å²) in [7, 11) is 0. The van der Waals surface area contributed by atoms with Gasteiger partial charge in [0.25, 0.3) is 5.56 Å². The average molecular weight is 484 g/mol. The van der Waals surface area contributed by atoms with E-state index in [0.29, 0.717) is 38.4 Å². The van der Waals surface area contributed by atoms with Crippen LogP contribution < -0.4 is 20.3 Å². The molecule has 33 heavy (non-hydrogen) atoms. The fraction of sp³-hybridized carbons (Fsp3) is 0.182. The van der Waals surface area contributed by atoms with E-state index in [2.05, 4.69) is 20.4 Å². The van der Waals surface area contributed by atoms with Gasteiger partial charge in [-0.25, -0.2) is 9.67 Å². The highest BCUT2D eigenvalue weighted by Gasteiger charge is 2.18. The molecule has 2 N–H and O–H groups in total. The Morgan fingerprint density at radius 1 is 1.27 bits per heavy atom. The Labute approximate surface area is 197 Å². The zero-order chi connectivity index (χ0) is 22.9. The van der Waals surface area contributed by atoms with Crippen LogP contribution in [0.3, 0.4) is 0 Å². The molecule has 9 nitrogen and oxygen atoms in total. The van der Waals surface area contributed by atoms with E-state index in [1.165, 1.54) is 6.20 Å². The predicted molar refractivity (Wildman–Crippen MR) is 124 cm³/mol. The van der Waals surface area contributed by atoms with E-state index < -0.39 is 0 Å². The third kappa shape index (κ3) is 4.39. The van der Waals surface area contributed by atoms with Crippen LogP contribution in [0.15, 0.2) is 58.6 Å². The number of ether oxygens (including phenoxy) is 2. The number of halogens is 1. The van der Waals surface area contributed by atoms with Gasteiger partial charge < -0.3 is 19.8 Å². The van der Waals surface area contributed by atoms with Crippen LogP contribution in [-0.4, -0.2) is 38.2 Å². The predicted octanol–water partition coefficient (Wildman–Crippen LogP) is 3.46. The van der Waals surface area contributed by atoms with Gasteiger partial charge in [-0.2, -0.15) is 5.10 Å². The number of aromatic amines is 1. The van der Waals surface area contributed by atoms with E-state index in [9.17, 15) is 9.59 Å². The number of rotatable bonds is 6. The van der Waals surface area contributed by atoms with Crippen LogP contribution in [0.1, 0.15) is 18.5 Å². The quantitative estimate of drug-likeness (QED) is 0.319. The molecule has 4 aromatic rings. The number of thioether (sulfide) groups is 1. The smallest absolute Gasteiger partial charge is 0.262 e. The number of nitrogens with one attached hydrogen (secondary N) is 2. The molecule has 3 heterocycles. The van der Waals surface area contributed by atoms with Gasteiger partial charge in [-0.05, 0) is 42.8 Å². The second kappa shape index (κ2) is 8.80. The van der Waals surface area contributed by atoms with Crippen LogP contribution >= 0.6 is 23.4 Å². The minimum absolute atomic E-state index is 0.0780. The van der Waals surface area contributed by atoms with Crippen LogP contribution in [0.4, 0.5) is 0 Å². The van der Waals surface area contributed by atoms with E-state index in [1.54, 1.807) is 22.9 Å². The lowest BCUT2D eigenvalue weighted by Crippen LogP contribution is -2.28. The maximum Gasteiger partial charge on any atom is 0.262 e. The first kappa shape index (κ1) is 21.4. The molecule has 0 radical (unpaired) electrons. The molecule has 0 aliphatic carbocycles. The number of benzene rings is 2. The summed E-state index contributed by atoms with van der Waals surface area (Å²) < 4.78 is 12.3. The number of nitrogens with zero attached hydrogens (tertiary/aromatic N) is 3. The maximum absolute atomic E-state index is 12.5. The van der Waals surface area contributed by atoms with Crippen molar-refractivity contribution in [2.24, 2.45) is 0 Å². The van der Waals surface area contributed by atoms with E-state index in [4.69, 9.17) is 21.1 Å². The lowest BCUT2D eigenvalue weighted by molar-refractivity contribution is -0.119. The van der Waals surface area contributed by atoms with Gasteiger partial charge in [0.1, 0.15) is 5.39 Å². The number of hydrogen-bond acceptors (Lipinski definition) is 7. The minimum Gasteiger partial charge on any atom is -0.454 e. The number of hydrogen-bond donors (Lipinski definition) is 2. The molecule has 0 saturated carbocycles. The van der Waals surface area contributed by atoms with Crippen LogP contribution in [0.5, 0.6) is 11.5 Å². The van der Waals surface area contributed by atoms with Crippen molar-refractivity contribution >= 4 is 40.3 Å². The van der Waals surface area contributed by atoms with Crippen molar-refractivity contribution in [3.05, 3.63) is 69.6 Å². The summed E-state index contributed by atoms with van der Waals surface area (Å²) in [5.74, 6) is 1.23. The first-order chi connectivity index (χ1) is 16.0. The third-order valence-corrected chi connectivity index (χ3v) is 6.19. The van der Waals surface area contributed by atoms with Crippen molar-refractivity contribution < 1.29 is 14.3 Å². The summed E-state index contributed by atoms with van der Waals surface area (Å²) in [4.78, 5) is 32.2. The molecule has 0 saturated heterocycles. The Balaban J connectivity index is 1.29. The van der Waals surface area contributed by atoms with Gasteiger partial charge in [-0.15, -0.1) is 0 Å².